The summed E-state index contributed by atoms with van der Waals surface area (Å²) in [6.45, 7) is 9.63. The van der Waals surface area contributed by atoms with E-state index < -0.39 is 24.3 Å². The average molecular weight is 602 g/mol. The van der Waals surface area contributed by atoms with Crippen molar-refractivity contribution >= 4 is 23.8 Å². The number of likely N-dealkylation sites (tertiary alicyclic amines) is 1. The lowest BCUT2D eigenvalue weighted by atomic mass is 9.91. The molecule has 0 saturated carbocycles. The smallest absolute Gasteiger partial charge is 0.410 e. The normalized spacial score (nSPS) is 30.4. The van der Waals surface area contributed by atoms with Gasteiger partial charge in [-0.2, -0.15) is 0 Å². The van der Waals surface area contributed by atoms with Crippen LogP contribution >= 0.6 is 0 Å². The van der Waals surface area contributed by atoms with Crippen molar-refractivity contribution in [2.75, 3.05) is 58.4 Å². The Bertz CT molecular complexity index is 1170. The summed E-state index contributed by atoms with van der Waals surface area (Å²) in [5, 5.41) is 10.6. The van der Waals surface area contributed by atoms with E-state index in [0.29, 0.717) is 63.8 Å². The monoisotopic (exact) mass is 601 g/mol. The Morgan fingerprint density at radius 3 is 2.53 bits per heavy atom. The van der Waals surface area contributed by atoms with Crippen molar-refractivity contribution in [1.82, 2.24) is 9.80 Å². The quantitative estimate of drug-likeness (QED) is 0.390. The second kappa shape index (κ2) is 15.2. The van der Waals surface area contributed by atoms with Crippen LogP contribution in [0, 0.1) is 17.7 Å². The van der Waals surface area contributed by atoms with Gasteiger partial charge < -0.3 is 34.0 Å². The van der Waals surface area contributed by atoms with Crippen LogP contribution in [0.4, 0.5) is 14.9 Å². The van der Waals surface area contributed by atoms with Crippen molar-refractivity contribution in [3.63, 3.8) is 0 Å². The van der Waals surface area contributed by atoms with E-state index in [9.17, 15) is 19.1 Å². The first-order chi connectivity index (χ1) is 20.5. The molecule has 1 N–H and O–H groups in total. The van der Waals surface area contributed by atoms with E-state index in [0.717, 1.165) is 17.7 Å². The van der Waals surface area contributed by atoms with Crippen LogP contribution in [0.1, 0.15) is 52.0 Å². The summed E-state index contributed by atoms with van der Waals surface area (Å²) in [7, 11) is 4.03. The van der Waals surface area contributed by atoms with Gasteiger partial charge in [0.15, 0.2) is 0 Å². The molecule has 43 heavy (non-hydrogen) atoms. The summed E-state index contributed by atoms with van der Waals surface area (Å²) in [4.78, 5) is 31.9. The van der Waals surface area contributed by atoms with Crippen molar-refractivity contribution in [2.24, 2.45) is 11.8 Å². The number of esters is 1. The van der Waals surface area contributed by atoms with Crippen molar-refractivity contribution < 1.29 is 33.3 Å². The Kier molecular flexibility index (Phi) is 11.6. The molecule has 9 nitrogen and oxygen atoms in total. The van der Waals surface area contributed by atoms with Crippen LogP contribution < -0.4 is 4.90 Å². The number of aliphatic hydroxyl groups excluding tert-OH is 1. The standard InChI is InChI=1S/C33H48FN3O6/c1-22-6-8-29(38)20-31(39)43-32(23(2)7-9-30(22)42-33(40)37-11-10-27(21-37)35(4)5)24(3)16-25-17-26(34)19-28(18-25)36-12-14-41-15-13-36/h7,9,16-19,22-23,27,29-30,32,38H,6,8,10-15,20-21H2,1-5H3/b9-7+,24-16+/t22-,23-,27-,29+,30-,32-/m0/s1. The van der Waals surface area contributed by atoms with Gasteiger partial charge in [0.05, 0.1) is 25.7 Å². The van der Waals surface area contributed by atoms with Crippen LogP contribution in [0.15, 0.2) is 35.9 Å². The van der Waals surface area contributed by atoms with E-state index in [2.05, 4.69) is 9.80 Å². The molecule has 0 radical (unpaired) electrons. The Balaban J connectivity index is 1.55. The number of anilines is 1. The molecule has 0 bridgehead atoms. The molecule has 1 amide bonds. The number of carbonyl (C=O) groups is 2. The number of carbonyl (C=O) groups excluding carboxylic acids is 2. The van der Waals surface area contributed by atoms with Crippen LogP contribution in [0.25, 0.3) is 6.08 Å². The number of likely N-dealkylation sites (N-methyl/N-ethyl adjacent to an activating group) is 1. The van der Waals surface area contributed by atoms with E-state index in [-0.39, 0.29) is 30.2 Å². The maximum absolute atomic E-state index is 14.7. The average Bonchev–Trinajstić information content (AvgIpc) is 3.47. The lowest BCUT2D eigenvalue weighted by molar-refractivity contribution is -0.151. The van der Waals surface area contributed by atoms with Gasteiger partial charge in [0.2, 0.25) is 0 Å². The zero-order valence-corrected chi connectivity index (χ0v) is 26.2. The molecular weight excluding hydrogens is 553 g/mol. The maximum Gasteiger partial charge on any atom is 0.410 e. The summed E-state index contributed by atoms with van der Waals surface area (Å²) >= 11 is 0. The van der Waals surface area contributed by atoms with Gasteiger partial charge in [-0.1, -0.05) is 26.0 Å². The van der Waals surface area contributed by atoms with Crippen LogP contribution in [0.2, 0.25) is 0 Å². The van der Waals surface area contributed by atoms with Gasteiger partial charge in [-0.15, -0.1) is 0 Å². The van der Waals surface area contributed by atoms with Crippen molar-refractivity contribution in [2.45, 2.75) is 70.8 Å². The van der Waals surface area contributed by atoms with Gasteiger partial charge in [-0.3, -0.25) is 4.79 Å². The maximum atomic E-state index is 14.7. The zero-order chi connectivity index (χ0) is 31.1. The van der Waals surface area contributed by atoms with Gasteiger partial charge in [-0.25, -0.2) is 9.18 Å². The molecule has 3 aliphatic rings. The molecular formula is C33H48FN3O6. The molecule has 2 saturated heterocycles. The molecule has 3 aliphatic heterocycles. The third kappa shape index (κ3) is 9.27. The number of amides is 1. The van der Waals surface area contributed by atoms with E-state index in [4.69, 9.17) is 14.2 Å². The number of benzene rings is 1. The van der Waals surface area contributed by atoms with Crippen molar-refractivity contribution in [1.29, 1.82) is 0 Å². The predicted octanol–water partition coefficient (Wildman–Crippen LogP) is 4.49. The fourth-order valence-corrected chi connectivity index (χ4v) is 6.00. The minimum atomic E-state index is -0.867. The lowest BCUT2D eigenvalue weighted by Gasteiger charge is -2.29. The first kappa shape index (κ1) is 33.0. The van der Waals surface area contributed by atoms with Gasteiger partial charge in [0.1, 0.15) is 18.0 Å². The van der Waals surface area contributed by atoms with Crippen molar-refractivity contribution in [3.05, 3.63) is 47.3 Å². The second-order valence-corrected chi connectivity index (χ2v) is 12.5. The SMILES string of the molecule is C/C(=C\c1cc(F)cc(N2CCOCC2)c1)[C@H]1OC(=O)C[C@H](O)CC[C@H](C)[C@@H](OC(=O)N2CC[C@H](N(C)C)C2)/C=C/[C@@H]1C. The summed E-state index contributed by atoms with van der Waals surface area (Å²) in [5.74, 6) is -1.17. The third-order valence-corrected chi connectivity index (χ3v) is 8.77. The molecule has 0 unspecified atom stereocenters. The molecule has 4 rings (SSSR count). The van der Waals surface area contributed by atoms with Crippen LogP contribution in [0.3, 0.4) is 0 Å². The third-order valence-electron chi connectivity index (χ3n) is 8.77. The summed E-state index contributed by atoms with van der Waals surface area (Å²) in [5.41, 5.74) is 2.19. The van der Waals surface area contributed by atoms with Crippen molar-refractivity contribution in [3.8, 4) is 0 Å². The number of cyclic esters (lactones) is 1. The number of morpholine rings is 1. The second-order valence-electron chi connectivity index (χ2n) is 12.5. The minimum Gasteiger partial charge on any atom is -0.457 e. The van der Waals surface area contributed by atoms with Gasteiger partial charge in [0, 0.05) is 43.8 Å². The highest BCUT2D eigenvalue weighted by molar-refractivity contribution is 5.71. The highest BCUT2D eigenvalue weighted by atomic mass is 19.1. The Labute approximate surface area is 255 Å². The molecule has 3 heterocycles. The molecule has 2 fully saturated rings. The predicted molar refractivity (Wildman–Crippen MR) is 164 cm³/mol. The zero-order valence-electron chi connectivity index (χ0n) is 26.2. The fraction of sp³-hybridized carbons (Fsp3) is 0.636. The van der Waals surface area contributed by atoms with Gasteiger partial charge >= 0.3 is 12.1 Å². The number of halogens is 1. The van der Waals surface area contributed by atoms with E-state index in [1.54, 1.807) is 4.90 Å². The lowest BCUT2D eigenvalue weighted by Crippen LogP contribution is -2.37. The molecule has 10 heteroatoms. The first-order valence-corrected chi connectivity index (χ1v) is 15.5. The number of aliphatic hydroxyl groups is 1. The molecule has 0 spiro atoms. The van der Waals surface area contributed by atoms with E-state index >= 15 is 0 Å². The number of hydrogen-bond donors (Lipinski definition) is 1. The largest absolute Gasteiger partial charge is 0.457 e. The number of nitrogens with zero attached hydrogens (tertiary/aromatic N) is 3. The molecule has 0 aromatic heterocycles. The Hall–Kier alpha value is -2.95. The molecule has 238 valence electrons. The Morgan fingerprint density at radius 1 is 1.09 bits per heavy atom. The van der Waals surface area contributed by atoms with E-state index in [1.807, 2.05) is 59.2 Å². The number of rotatable bonds is 5. The van der Waals surface area contributed by atoms with Crippen LogP contribution in [-0.4, -0.2) is 105 Å². The first-order valence-electron chi connectivity index (χ1n) is 15.5. The highest BCUT2D eigenvalue weighted by Gasteiger charge is 2.32. The topological polar surface area (TPSA) is 91.8 Å². The fourth-order valence-electron chi connectivity index (χ4n) is 6.00. The van der Waals surface area contributed by atoms with Crippen LogP contribution in [0.5, 0.6) is 0 Å². The summed E-state index contributed by atoms with van der Waals surface area (Å²) in [6, 6.07) is 5.22. The molecule has 1 aromatic rings. The minimum absolute atomic E-state index is 0.0641. The molecule has 6 atom stereocenters. The summed E-state index contributed by atoms with van der Waals surface area (Å²) < 4.78 is 32.0. The summed E-state index contributed by atoms with van der Waals surface area (Å²) in [6.07, 6.45) is 5.03. The Morgan fingerprint density at radius 2 is 1.84 bits per heavy atom. The molecule has 0 aliphatic carbocycles. The molecule has 1 aromatic carbocycles. The number of ether oxygens (including phenoxy) is 3. The number of hydrogen-bond acceptors (Lipinski definition) is 8. The van der Waals surface area contributed by atoms with Gasteiger partial charge in [-0.05, 0) is 81.6 Å². The van der Waals surface area contributed by atoms with E-state index in [1.165, 1.54) is 12.1 Å². The van der Waals surface area contributed by atoms with Gasteiger partial charge in [0.25, 0.3) is 0 Å². The van der Waals surface area contributed by atoms with Crippen LogP contribution in [-0.2, 0) is 19.0 Å². The highest BCUT2D eigenvalue weighted by Crippen LogP contribution is 2.28.